The summed E-state index contributed by atoms with van der Waals surface area (Å²) in [6.45, 7) is 4.05. The van der Waals surface area contributed by atoms with Crippen LogP contribution in [0.5, 0.6) is 0 Å². The average Bonchev–Trinajstić information content (AvgIpc) is 2.56. The van der Waals surface area contributed by atoms with E-state index in [1.165, 1.54) is 0 Å². The van der Waals surface area contributed by atoms with E-state index in [-0.39, 0.29) is 0 Å². The number of hydrogen-bond acceptors (Lipinski definition) is 2. The van der Waals surface area contributed by atoms with Gasteiger partial charge in [0, 0.05) is 17.6 Å². The monoisotopic (exact) mass is 235 g/mol. The highest BCUT2D eigenvalue weighted by atomic mass is 35.5. The molecule has 0 saturated carbocycles. The zero-order chi connectivity index (χ0) is 11.9. The van der Waals surface area contributed by atoms with Gasteiger partial charge in [-0.05, 0) is 36.6 Å². The van der Waals surface area contributed by atoms with Crippen molar-refractivity contribution in [1.82, 2.24) is 9.78 Å². The van der Waals surface area contributed by atoms with Gasteiger partial charge in [0.15, 0.2) is 0 Å². The SMILES string of the molecule is Cc1cc(-c2cnn(C)c2N)cc(Cl)c1C. The molecule has 0 aliphatic heterocycles. The number of halogens is 1. The number of hydrogen-bond donors (Lipinski definition) is 1. The molecule has 0 unspecified atom stereocenters. The minimum absolute atomic E-state index is 0.652. The number of nitrogens with two attached hydrogens (primary N) is 1. The fraction of sp³-hybridized carbons (Fsp3) is 0.250. The van der Waals surface area contributed by atoms with E-state index < -0.39 is 0 Å². The topological polar surface area (TPSA) is 43.8 Å². The van der Waals surface area contributed by atoms with E-state index in [1.807, 2.05) is 27.0 Å². The lowest BCUT2D eigenvalue weighted by atomic mass is 10.0. The number of nitrogen functional groups attached to an aromatic ring is 1. The first-order valence-electron chi connectivity index (χ1n) is 5.05. The Hall–Kier alpha value is -1.48. The van der Waals surface area contributed by atoms with Gasteiger partial charge >= 0.3 is 0 Å². The maximum absolute atomic E-state index is 6.16. The lowest BCUT2D eigenvalue weighted by molar-refractivity contribution is 0.779. The number of aryl methyl sites for hydroxylation is 2. The van der Waals surface area contributed by atoms with Crippen molar-refractivity contribution in [2.24, 2.45) is 7.05 Å². The predicted octanol–water partition coefficient (Wildman–Crippen LogP) is 2.94. The van der Waals surface area contributed by atoms with Crippen molar-refractivity contribution < 1.29 is 0 Å². The molecule has 16 heavy (non-hydrogen) atoms. The fourth-order valence-corrected chi connectivity index (χ4v) is 1.91. The average molecular weight is 236 g/mol. The minimum Gasteiger partial charge on any atom is -0.383 e. The molecule has 4 heteroatoms. The third kappa shape index (κ3) is 1.67. The molecule has 2 rings (SSSR count). The zero-order valence-electron chi connectivity index (χ0n) is 9.58. The Bertz CT molecular complexity index is 520. The molecule has 3 nitrogen and oxygen atoms in total. The third-order valence-electron chi connectivity index (χ3n) is 2.90. The van der Waals surface area contributed by atoms with Crippen LogP contribution < -0.4 is 5.73 Å². The van der Waals surface area contributed by atoms with Crippen LogP contribution in [0.3, 0.4) is 0 Å². The normalized spacial score (nSPS) is 10.8. The fourth-order valence-electron chi connectivity index (χ4n) is 1.64. The summed E-state index contributed by atoms with van der Waals surface area (Å²) in [7, 11) is 1.82. The van der Waals surface area contributed by atoms with Crippen molar-refractivity contribution in [1.29, 1.82) is 0 Å². The third-order valence-corrected chi connectivity index (χ3v) is 3.29. The van der Waals surface area contributed by atoms with Crippen molar-refractivity contribution >= 4 is 17.4 Å². The van der Waals surface area contributed by atoms with Crippen LogP contribution in [0.1, 0.15) is 11.1 Å². The first kappa shape index (κ1) is 11.0. The van der Waals surface area contributed by atoms with Crippen LogP contribution in [-0.4, -0.2) is 9.78 Å². The standard InChI is InChI=1S/C12H14ClN3/c1-7-4-9(5-11(13)8(7)2)10-6-15-16(3)12(10)14/h4-6H,14H2,1-3H3. The number of rotatable bonds is 1. The molecule has 0 spiro atoms. The maximum atomic E-state index is 6.16. The zero-order valence-corrected chi connectivity index (χ0v) is 10.3. The summed E-state index contributed by atoms with van der Waals surface area (Å²) < 4.78 is 1.65. The van der Waals surface area contributed by atoms with Gasteiger partial charge in [0.1, 0.15) is 5.82 Å². The van der Waals surface area contributed by atoms with Crippen LogP contribution >= 0.6 is 11.6 Å². The summed E-state index contributed by atoms with van der Waals surface area (Å²) >= 11 is 6.16. The van der Waals surface area contributed by atoms with Crippen molar-refractivity contribution in [3.05, 3.63) is 34.5 Å². The Labute approximate surface area is 99.8 Å². The van der Waals surface area contributed by atoms with Gasteiger partial charge in [0.25, 0.3) is 0 Å². The Morgan fingerprint density at radius 1 is 1.31 bits per heavy atom. The van der Waals surface area contributed by atoms with Crippen LogP contribution in [-0.2, 0) is 7.05 Å². The van der Waals surface area contributed by atoms with Crippen molar-refractivity contribution in [3.8, 4) is 11.1 Å². The molecule has 2 N–H and O–H groups in total. The van der Waals surface area contributed by atoms with E-state index in [1.54, 1.807) is 10.9 Å². The van der Waals surface area contributed by atoms with E-state index in [0.717, 1.165) is 27.3 Å². The lowest BCUT2D eigenvalue weighted by Gasteiger charge is -2.07. The van der Waals surface area contributed by atoms with Gasteiger partial charge in [-0.25, -0.2) is 0 Å². The highest BCUT2D eigenvalue weighted by molar-refractivity contribution is 6.31. The molecule has 1 heterocycles. The Morgan fingerprint density at radius 2 is 2.00 bits per heavy atom. The van der Waals surface area contributed by atoms with E-state index in [0.29, 0.717) is 5.82 Å². The molecule has 1 aromatic heterocycles. The molecule has 0 aliphatic rings. The predicted molar refractivity (Wildman–Crippen MR) is 67.5 cm³/mol. The van der Waals surface area contributed by atoms with E-state index in [2.05, 4.69) is 11.2 Å². The van der Waals surface area contributed by atoms with Crippen LogP contribution in [0, 0.1) is 13.8 Å². The van der Waals surface area contributed by atoms with Gasteiger partial charge in [-0.3, -0.25) is 4.68 Å². The lowest BCUT2D eigenvalue weighted by Crippen LogP contribution is -1.98. The molecule has 0 fully saturated rings. The molecular formula is C12H14ClN3. The molecule has 0 amide bonds. The smallest absolute Gasteiger partial charge is 0.129 e. The molecule has 0 atom stereocenters. The van der Waals surface area contributed by atoms with Crippen LogP contribution in [0.4, 0.5) is 5.82 Å². The van der Waals surface area contributed by atoms with Crippen LogP contribution in [0.2, 0.25) is 5.02 Å². The van der Waals surface area contributed by atoms with Gasteiger partial charge < -0.3 is 5.73 Å². The summed E-state index contributed by atoms with van der Waals surface area (Å²) in [5, 5.41) is 4.89. The highest BCUT2D eigenvalue weighted by Gasteiger charge is 2.10. The van der Waals surface area contributed by atoms with Gasteiger partial charge in [-0.15, -0.1) is 0 Å². The number of nitrogens with zero attached hydrogens (tertiary/aromatic N) is 2. The van der Waals surface area contributed by atoms with Crippen LogP contribution in [0.15, 0.2) is 18.3 Å². The summed E-state index contributed by atoms with van der Waals surface area (Å²) in [5.41, 5.74) is 10.1. The van der Waals surface area contributed by atoms with Gasteiger partial charge in [0.05, 0.1) is 6.20 Å². The highest BCUT2D eigenvalue weighted by Crippen LogP contribution is 2.30. The summed E-state index contributed by atoms with van der Waals surface area (Å²) in [5.74, 6) is 0.652. The molecule has 1 aromatic carbocycles. The summed E-state index contributed by atoms with van der Waals surface area (Å²) in [4.78, 5) is 0. The number of aromatic nitrogens is 2. The van der Waals surface area contributed by atoms with Gasteiger partial charge in [-0.1, -0.05) is 17.7 Å². The first-order valence-corrected chi connectivity index (χ1v) is 5.43. The van der Waals surface area contributed by atoms with E-state index in [4.69, 9.17) is 17.3 Å². The Morgan fingerprint density at radius 3 is 2.50 bits per heavy atom. The molecule has 0 radical (unpaired) electrons. The molecular weight excluding hydrogens is 222 g/mol. The molecule has 0 bridgehead atoms. The first-order chi connectivity index (χ1) is 7.50. The molecule has 0 saturated heterocycles. The van der Waals surface area contributed by atoms with Gasteiger partial charge in [-0.2, -0.15) is 5.10 Å². The summed E-state index contributed by atoms with van der Waals surface area (Å²) in [6, 6.07) is 4.01. The second-order valence-electron chi connectivity index (χ2n) is 3.97. The second kappa shape index (κ2) is 3.83. The molecule has 0 aliphatic carbocycles. The second-order valence-corrected chi connectivity index (χ2v) is 4.37. The van der Waals surface area contributed by atoms with Crippen LogP contribution in [0.25, 0.3) is 11.1 Å². The summed E-state index contributed by atoms with van der Waals surface area (Å²) in [6.07, 6.45) is 1.76. The minimum atomic E-state index is 0.652. The Kier molecular flexibility index (Phi) is 2.64. The maximum Gasteiger partial charge on any atom is 0.129 e. The Balaban J connectivity index is 2.61. The van der Waals surface area contributed by atoms with Gasteiger partial charge in [0.2, 0.25) is 0 Å². The van der Waals surface area contributed by atoms with E-state index >= 15 is 0 Å². The molecule has 2 aromatic rings. The van der Waals surface area contributed by atoms with Crippen molar-refractivity contribution in [2.75, 3.05) is 5.73 Å². The number of anilines is 1. The quantitative estimate of drug-likeness (QED) is 0.826. The molecule has 84 valence electrons. The largest absolute Gasteiger partial charge is 0.383 e. The van der Waals surface area contributed by atoms with E-state index in [9.17, 15) is 0 Å². The number of benzene rings is 1. The van der Waals surface area contributed by atoms with Crippen molar-refractivity contribution in [3.63, 3.8) is 0 Å². The van der Waals surface area contributed by atoms with Crippen molar-refractivity contribution in [2.45, 2.75) is 13.8 Å².